The number of nitriles is 1. The van der Waals surface area contributed by atoms with Gasteiger partial charge in [-0.25, -0.2) is 0 Å². The summed E-state index contributed by atoms with van der Waals surface area (Å²) in [7, 11) is 0. The van der Waals surface area contributed by atoms with Crippen LogP contribution in [-0.2, 0) is 9.59 Å². The fraction of sp³-hybridized carbons (Fsp3) is 0.467. The lowest BCUT2D eigenvalue weighted by atomic mass is 9.77. The number of rotatable bonds is 7. The van der Waals surface area contributed by atoms with Gasteiger partial charge in [-0.15, -0.1) is 0 Å². The number of nitrogens with zero attached hydrogens (tertiary/aromatic N) is 7. The van der Waals surface area contributed by atoms with Crippen molar-refractivity contribution in [1.29, 1.82) is 5.26 Å². The van der Waals surface area contributed by atoms with E-state index < -0.39 is 29.7 Å². The summed E-state index contributed by atoms with van der Waals surface area (Å²) in [5, 5.41) is 12.0. The first-order valence-corrected chi connectivity index (χ1v) is 21.4. The SMILES string of the molecule is N#Cc1ccc(N2CCC3(CC2)CCN(c2ccc(C(=O)N4CCN(CC5CCN(c6ccc7c(c6)C(=O)N(C6CCC(=O)NC6=O)C7=O)CC5)CC4)cc2)C3)cc1Cl. The van der Waals surface area contributed by atoms with Crippen LogP contribution < -0.4 is 20.0 Å². The quantitative estimate of drug-likeness (QED) is 0.332. The Morgan fingerprint density at radius 1 is 0.729 bits per heavy atom. The van der Waals surface area contributed by atoms with Gasteiger partial charge in [-0.05, 0) is 111 Å². The van der Waals surface area contributed by atoms with E-state index in [0.29, 0.717) is 40.7 Å². The van der Waals surface area contributed by atoms with E-state index in [1.165, 1.54) is 5.69 Å². The Morgan fingerprint density at radius 3 is 2.03 bits per heavy atom. The summed E-state index contributed by atoms with van der Waals surface area (Å²) in [5.74, 6) is -1.35. The third-order valence-electron chi connectivity index (χ3n) is 13.8. The minimum Gasteiger partial charge on any atom is -0.371 e. The molecule has 1 N–H and O–H groups in total. The first-order valence-electron chi connectivity index (χ1n) is 21.0. The van der Waals surface area contributed by atoms with Crippen LogP contribution in [-0.4, -0.2) is 122 Å². The van der Waals surface area contributed by atoms with Gasteiger partial charge in [0.1, 0.15) is 12.1 Å². The maximum atomic E-state index is 13.6. The van der Waals surface area contributed by atoms with Crippen molar-refractivity contribution < 1.29 is 24.0 Å². The molecule has 6 aliphatic rings. The Labute approximate surface area is 349 Å². The van der Waals surface area contributed by atoms with Crippen LogP contribution in [0.4, 0.5) is 17.1 Å². The third kappa shape index (κ3) is 7.64. The highest BCUT2D eigenvalue weighted by atomic mass is 35.5. The second kappa shape index (κ2) is 16.0. The number of halogens is 1. The minimum absolute atomic E-state index is 0.0902. The predicted molar refractivity (Wildman–Crippen MR) is 224 cm³/mol. The molecule has 6 aliphatic heterocycles. The van der Waals surface area contributed by atoms with Crippen LogP contribution in [0.1, 0.15) is 81.6 Å². The van der Waals surface area contributed by atoms with Crippen LogP contribution in [0.25, 0.3) is 0 Å². The Hall–Kier alpha value is -5.45. The van der Waals surface area contributed by atoms with Crippen molar-refractivity contribution in [2.24, 2.45) is 11.3 Å². The topological polar surface area (TPSA) is 141 Å². The molecule has 5 fully saturated rings. The van der Waals surface area contributed by atoms with Gasteiger partial charge < -0.3 is 19.6 Å². The molecule has 5 amide bonds. The van der Waals surface area contributed by atoms with Crippen molar-refractivity contribution in [2.45, 2.75) is 51.0 Å². The number of carbonyl (C=O) groups is 5. The van der Waals surface area contributed by atoms with Gasteiger partial charge >= 0.3 is 0 Å². The van der Waals surface area contributed by atoms with E-state index in [4.69, 9.17) is 11.6 Å². The molecule has 9 rings (SSSR count). The average Bonchev–Trinajstić information content (AvgIpc) is 3.78. The molecule has 5 saturated heterocycles. The Kier molecular flexibility index (Phi) is 10.6. The van der Waals surface area contributed by atoms with Crippen LogP contribution in [0.15, 0.2) is 60.7 Å². The van der Waals surface area contributed by atoms with Gasteiger partial charge in [0.05, 0.1) is 21.7 Å². The predicted octanol–water partition coefficient (Wildman–Crippen LogP) is 4.78. The van der Waals surface area contributed by atoms with Crippen molar-refractivity contribution in [3.8, 4) is 6.07 Å². The van der Waals surface area contributed by atoms with E-state index in [-0.39, 0.29) is 24.2 Å². The molecule has 1 atom stereocenters. The van der Waals surface area contributed by atoms with Gasteiger partial charge in [0, 0.05) is 101 Å². The van der Waals surface area contributed by atoms with E-state index in [9.17, 15) is 29.2 Å². The number of amides is 5. The number of carbonyl (C=O) groups excluding carboxylic acids is 5. The Balaban J connectivity index is 0.715. The molecule has 1 unspecified atom stereocenters. The van der Waals surface area contributed by atoms with Gasteiger partial charge in [0.2, 0.25) is 11.8 Å². The smallest absolute Gasteiger partial charge is 0.262 e. The molecule has 0 aromatic heterocycles. The average molecular weight is 817 g/mol. The number of anilines is 3. The van der Waals surface area contributed by atoms with Gasteiger partial charge in [0.15, 0.2) is 0 Å². The highest BCUT2D eigenvalue weighted by molar-refractivity contribution is 6.32. The van der Waals surface area contributed by atoms with E-state index in [1.807, 2.05) is 35.2 Å². The minimum atomic E-state index is -0.972. The molecule has 0 saturated carbocycles. The highest BCUT2D eigenvalue weighted by Crippen LogP contribution is 2.43. The van der Waals surface area contributed by atoms with Gasteiger partial charge in [-0.1, -0.05) is 11.6 Å². The fourth-order valence-corrected chi connectivity index (χ4v) is 10.3. The summed E-state index contributed by atoms with van der Waals surface area (Å²) in [5.41, 5.74) is 5.28. The van der Waals surface area contributed by atoms with Crippen molar-refractivity contribution in [1.82, 2.24) is 20.0 Å². The summed E-state index contributed by atoms with van der Waals surface area (Å²) < 4.78 is 0. The molecule has 6 heterocycles. The number of hydrogen-bond acceptors (Lipinski definition) is 10. The molecular weight excluding hydrogens is 768 g/mol. The maximum Gasteiger partial charge on any atom is 0.262 e. The normalized spacial score (nSPS) is 22.6. The van der Waals surface area contributed by atoms with E-state index in [0.717, 1.165) is 113 Å². The first-order chi connectivity index (χ1) is 28.6. The molecule has 0 radical (unpaired) electrons. The van der Waals surface area contributed by atoms with Crippen molar-refractivity contribution >= 4 is 58.2 Å². The largest absolute Gasteiger partial charge is 0.371 e. The molecule has 0 bridgehead atoms. The lowest BCUT2D eigenvalue weighted by Crippen LogP contribution is -2.54. The molecule has 3 aromatic carbocycles. The number of piperazine rings is 1. The van der Waals surface area contributed by atoms with E-state index >= 15 is 0 Å². The number of imide groups is 2. The van der Waals surface area contributed by atoms with E-state index in [2.05, 4.69) is 43.1 Å². The third-order valence-corrected chi connectivity index (χ3v) is 14.1. The van der Waals surface area contributed by atoms with Crippen LogP contribution in [0.2, 0.25) is 5.02 Å². The molecule has 59 heavy (non-hydrogen) atoms. The number of nitrogens with one attached hydrogen (secondary N) is 1. The first kappa shape index (κ1) is 39.0. The molecular formula is C45H49ClN8O5. The van der Waals surface area contributed by atoms with Crippen molar-refractivity contribution in [3.05, 3.63) is 87.9 Å². The standard InChI is InChI=1S/C45H49ClN8O5/c46-38-26-35(6-3-32(38)27-47)51-18-13-45(14-19-51)15-20-53(29-45)33-4-1-31(2-5-33)42(57)52-23-21-49(22-24-52)28-30-11-16-50(17-12-30)34-7-8-36-37(25-34)44(59)54(43(36)58)39-9-10-40(55)48-41(39)56/h1-8,25-26,30,39H,9-24,28-29H2,(H,48,55,56). The zero-order chi connectivity index (χ0) is 40.8. The van der Waals surface area contributed by atoms with Crippen LogP contribution >= 0.6 is 11.6 Å². The van der Waals surface area contributed by atoms with Gasteiger partial charge in [-0.2, -0.15) is 5.26 Å². The van der Waals surface area contributed by atoms with Gasteiger partial charge in [0.25, 0.3) is 17.7 Å². The Bertz CT molecular complexity index is 2220. The summed E-state index contributed by atoms with van der Waals surface area (Å²) in [6.45, 7) is 9.74. The lowest BCUT2D eigenvalue weighted by Gasteiger charge is -2.40. The molecule has 13 nitrogen and oxygen atoms in total. The zero-order valence-electron chi connectivity index (χ0n) is 33.2. The molecule has 0 aliphatic carbocycles. The number of hydrogen-bond donors (Lipinski definition) is 1. The highest BCUT2D eigenvalue weighted by Gasteiger charge is 2.45. The number of piperidine rings is 3. The molecule has 3 aromatic rings. The number of benzene rings is 3. The van der Waals surface area contributed by atoms with Crippen molar-refractivity contribution in [2.75, 3.05) is 86.7 Å². The summed E-state index contributed by atoms with van der Waals surface area (Å²) in [6, 6.07) is 20.4. The summed E-state index contributed by atoms with van der Waals surface area (Å²) in [6.07, 6.45) is 5.62. The van der Waals surface area contributed by atoms with Crippen LogP contribution in [0.3, 0.4) is 0 Å². The van der Waals surface area contributed by atoms with Gasteiger partial charge in [-0.3, -0.25) is 39.1 Å². The lowest BCUT2D eigenvalue weighted by molar-refractivity contribution is -0.136. The van der Waals surface area contributed by atoms with Crippen LogP contribution in [0, 0.1) is 22.7 Å². The van der Waals surface area contributed by atoms with Crippen molar-refractivity contribution in [3.63, 3.8) is 0 Å². The number of fused-ring (bicyclic) bond motifs is 1. The van der Waals surface area contributed by atoms with Crippen LogP contribution in [0.5, 0.6) is 0 Å². The second-order valence-electron chi connectivity index (χ2n) is 17.2. The zero-order valence-corrected chi connectivity index (χ0v) is 34.0. The monoisotopic (exact) mass is 816 g/mol. The second-order valence-corrected chi connectivity index (χ2v) is 17.6. The molecule has 14 heteroatoms. The fourth-order valence-electron chi connectivity index (χ4n) is 10.1. The summed E-state index contributed by atoms with van der Waals surface area (Å²) in [4.78, 5) is 76.7. The maximum absolute atomic E-state index is 13.6. The summed E-state index contributed by atoms with van der Waals surface area (Å²) >= 11 is 6.32. The molecule has 306 valence electrons. The Morgan fingerprint density at radius 2 is 1.36 bits per heavy atom. The molecule has 1 spiro atoms. The van der Waals surface area contributed by atoms with E-state index in [1.54, 1.807) is 18.2 Å².